The van der Waals surface area contributed by atoms with E-state index in [1.54, 1.807) is 42.5 Å². The highest BCUT2D eigenvalue weighted by Crippen LogP contribution is 2.72. The van der Waals surface area contributed by atoms with Gasteiger partial charge in [-0.2, -0.15) is 66.2 Å². The van der Waals surface area contributed by atoms with E-state index >= 15 is 0 Å². The van der Waals surface area contributed by atoms with E-state index in [-0.39, 0.29) is 120 Å². The summed E-state index contributed by atoms with van der Waals surface area (Å²) in [6, 6.07) is 16.5. The number of epoxide rings is 1. The molecule has 2 aromatic carbocycles. The van der Waals surface area contributed by atoms with Gasteiger partial charge in [0.1, 0.15) is 6.10 Å². The lowest BCUT2D eigenvalue weighted by molar-refractivity contribution is -0.290. The summed E-state index contributed by atoms with van der Waals surface area (Å²) in [7, 11) is -7.30. The lowest BCUT2D eigenvalue weighted by Gasteiger charge is -2.62. The van der Waals surface area contributed by atoms with Gasteiger partial charge < -0.3 is 20.1 Å². The molecule has 89 heavy (non-hydrogen) atoms. The highest BCUT2D eigenvalue weighted by Gasteiger charge is 2.68. The molecule has 8 aliphatic carbocycles. The van der Waals surface area contributed by atoms with E-state index in [0.29, 0.717) is 60.2 Å². The fourth-order valence-corrected chi connectivity index (χ4v) is 24.2. The van der Waals surface area contributed by atoms with E-state index in [9.17, 15) is 84.8 Å². The third-order valence-corrected chi connectivity index (χ3v) is 29.9. The van der Waals surface area contributed by atoms with Crippen LogP contribution in [0.25, 0.3) is 0 Å². The van der Waals surface area contributed by atoms with Gasteiger partial charge in [0.05, 0.1) is 27.4 Å². The Bertz CT molecular complexity index is 2950. The molecule has 2 aromatic rings. The van der Waals surface area contributed by atoms with Gasteiger partial charge in [-0.15, -0.1) is 0 Å². The molecule has 9 fully saturated rings. The summed E-state index contributed by atoms with van der Waals surface area (Å²) in [6.07, 6.45) is -12.0. The Balaban J connectivity index is 0.000000207. The molecule has 1 aliphatic heterocycles. The Labute approximate surface area is 525 Å². The minimum absolute atomic E-state index is 0. The Morgan fingerprint density at radius 2 is 0.944 bits per heavy atom. The highest BCUT2D eigenvalue weighted by atomic mass is 32.2. The maximum Gasteiger partial charge on any atom is 0.417 e. The minimum atomic E-state index is -4.84. The lowest BCUT2D eigenvalue weighted by atomic mass is 9.43. The van der Waals surface area contributed by atoms with Gasteiger partial charge in [-0.05, 0) is 252 Å². The van der Waals surface area contributed by atoms with Crippen molar-refractivity contribution in [3.05, 3.63) is 60.7 Å². The molecular formula is C66H94F12O8S3. The summed E-state index contributed by atoms with van der Waals surface area (Å²) in [5, 5.41) is 29.7. The van der Waals surface area contributed by atoms with Crippen LogP contribution < -0.4 is 0 Å². The van der Waals surface area contributed by atoms with Crippen molar-refractivity contribution >= 4 is 33.2 Å². The maximum atomic E-state index is 13.9. The molecule has 0 amide bonds. The zero-order chi connectivity index (χ0) is 64.9. The second-order valence-corrected chi connectivity index (χ2v) is 34.2. The molecule has 8 nitrogen and oxygen atoms in total. The zero-order valence-electron chi connectivity index (χ0n) is 51.9. The van der Waals surface area contributed by atoms with Crippen molar-refractivity contribution < 1.29 is 89.6 Å². The summed E-state index contributed by atoms with van der Waals surface area (Å²) in [4.78, 5) is 0.456. The van der Waals surface area contributed by atoms with Gasteiger partial charge >= 0.3 is 24.7 Å². The van der Waals surface area contributed by atoms with Crippen molar-refractivity contribution in [3.8, 4) is 0 Å². The first-order chi connectivity index (χ1) is 40.6. The average Bonchev–Trinajstić information content (AvgIpc) is 1.69. The van der Waals surface area contributed by atoms with Crippen LogP contribution in [0.2, 0.25) is 0 Å². The number of fused-ring (bicyclic) bond motifs is 10. The molecule has 8 saturated carbocycles. The molecular weight excluding hydrogens is 1240 g/mol. The lowest BCUT2D eigenvalue weighted by Crippen LogP contribution is -2.59. The van der Waals surface area contributed by atoms with Gasteiger partial charge in [-0.25, -0.2) is 16.8 Å². The highest BCUT2D eigenvalue weighted by molar-refractivity contribution is 7.92. The van der Waals surface area contributed by atoms with Gasteiger partial charge in [-0.3, -0.25) is 0 Å². The van der Waals surface area contributed by atoms with Crippen LogP contribution in [0.4, 0.5) is 52.7 Å². The molecule has 0 spiro atoms. The topological polar surface area (TPSA) is 141 Å². The second kappa shape index (κ2) is 25.7. The summed E-state index contributed by atoms with van der Waals surface area (Å²) in [5.41, 5.74) is -5.69. The molecule has 0 aromatic heterocycles. The van der Waals surface area contributed by atoms with Crippen molar-refractivity contribution in [3.63, 3.8) is 0 Å². The molecule has 23 heteroatoms. The first-order valence-corrected chi connectivity index (χ1v) is 35.4. The predicted octanol–water partition coefficient (Wildman–Crippen LogP) is 16.6. The van der Waals surface area contributed by atoms with Crippen LogP contribution in [0.3, 0.4) is 0 Å². The number of rotatable bonds is 12. The van der Waals surface area contributed by atoms with E-state index in [0.717, 1.165) is 70.6 Å². The normalized spacial score (nSPS) is 40.0. The Morgan fingerprint density at radius 3 is 1.35 bits per heavy atom. The molecule has 508 valence electrons. The molecule has 9 aliphatic rings. The average molecular weight is 1340 g/mol. The van der Waals surface area contributed by atoms with Crippen molar-refractivity contribution in [2.45, 2.75) is 240 Å². The number of aliphatic hydroxyl groups is 3. The zero-order valence-corrected chi connectivity index (χ0v) is 54.6. The summed E-state index contributed by atoms with van der Waals surface area (Å²) >= 11 is 0. The minimum Gasteiger partial charge on any atom is -0.384 e. The van der Waals surface area contributed by atoms with Crippen molar-refractivity contribution in [1.82, 2.24) is 0 Å². The molecule has 3 N–H and O–H groups in total. The molecule has 1 heterocycles. The fourth-order valence-electron chi connectivity index (χ4n) is 20.6. The number of hydrogen-bond acceptors (Lipinski definition) is 8. The van der Waals surface area contributed by atoms with Crippen LogP contribution in [0.5, 0.6) is 0 Å². The van der Waals surface area contributed by atoms with Gasteiger partial charge in [0.25, 0.3) is 0 Å². The van der Waals surface area contributed by atoms with Gasteiger partial charge in [-0.1, -0.05) is 77.9 Å². The third kappa shape index (κ3) is 13.9. The number of sulfone groups is 2. The van der Waals surface area contributed by atoms with Crippen molar-refractivity contribution in [2.24, 2.45) is 92.7 Å². The molecule has 0 bridgehead atoms. The van der Waals surface area contributed by atoms with Crippen LogP contribution >= 0.6 is 13.5 Å². The number of halogens is 12. The van der Waals surface area contributed by atoms with Crippen LogP contribution in [0.15, 0.2) is 70.5 Å². The SMILES string of the molecule is C[C@H](C(CC[C@H](O)C(F)(F)F)S(=O)(=O)c1ccccc1)[C@H]1CC[C@H]2[C@@H]3CC[C@H]4C[C@](O)(C(F)(F)F)CC[C@]4(C)[C@H]3CC[C@]12C.C[C@H](CCS(=O)(=O)c1ccccc1)[C@H]1CC[C@H]2[C@@H]3CC[C@H]4C[C@](O)(C(F)(F)F)CC[C@]4(C)[C@H]3CC[C@]12C.FC(F)(F)[C@@H]1CO1.S. The predicted molar refractivity (Wildman–Crippen MR) is 319 cm³/mol. The van der Waals surface area contributed by atoms with Crippen molar-refractivity contribution in [1.29, 1.82) is 0 Å². The monoisotopic (exact) mass is 1340 g/mol. The molecule has 0 radical (unpaired) electrons. The second-order valence-electron chi connectivity index (χ2n) is 29.9. The molecule has 21 atom stereocenters. The van der Waals surface area contributed by atoms with Gasteiger partial charge in [0.15, 0.2) is 37.0 Å². The Morgan fingerprint density at radius 1 is 0.528 bits per heavy atom. The molecule has 1 unspecified atom stereocenters. The van der Waals surface area contributed by atoms with E-state index in [1.807, 2.05) is 13.0 Å². The number of alkyl halides is 12. The van der Waals surface area contributed by atoms with E-state index in [1.165, 1.54) is 12.1 Å². The summed E-state index contributed by atoms with van der Waals surface area (Å²) in [5.74, 6) is 2.41. The number of benzene rings is 2. The smallest absolute Gasteiger partial charge is 0.384 e. The van der Waals surface area contributed by atoms with E-state index in [2.05, 4.69) is 39.4 Å². The molecule has 1 saturated heterocycles. The number of hydrogen-bond donors (Lipinski definition) is 3. The Hall–Kier alpha value is -2.31. The first-order valence-electron chi connectivity index (χ1n) is 32.2. The van der Waals surface area contributed by atoms with E-state index in [4.69, 9.17) is 0 Å². The van der Waals surface area contributed by atoms with Crippen LogP contribution in [0, 0.1) is 92.7 Å². The van der Waals surface area contributed by atoms with Crippen molar-refractivity contribution in [2.75, 3.05) is 12.4 Å². The quantitative estimate of drug-likeness (QED) is 0.141. The molecule has 11 rings (SSSR count). The summed E-state index contributed by atoms with van der Waals surface area (Å²) in [6.45, 7) is 12.9. The fraction of sp³-hybridized carbons (Fsp3) is 0.818. The Kier molecular flexibility index (Phi) is 20.9. The third-order valence-electron chi connectivity index (χ3n) is 25.8. The largest absolute Gasteiger partial charge is 0.417 e. The van der Waals surface area contributed by atoms with Crippen LogP contribution in [-0.2, 0) is 24.4 Å². The maximum absolute atomic E-state index is 13.9. The van der Waals surface area contributed by atoms with Gasteiger partial charge in [0.2, 0.25) is 0 Å². The van der Waals surface area contributed by atoms with Crippen LogP contribution in [0.1, 0.15) is 176 Å². The van der Waals surface area contributed by atoms with Gasteiger partial charge in [0, 0.05) is 0 Å². The van der Waals surface area contributed by atoms with E-state index < -0.39 is 85.4 Å². The van der Waals surface area contributed by atoms with Crippen LogP contribution in [-0.4, -0.2) is 97.9 Å². The summed E-state index contributed by atoms with van der Waals surface area (Å²) < 4.78 is 213. The number of ether oxygens (including phenoxy) is 1. The number of aliphatic hydroxyl groups excluding tert-OH is 1. The standard InChI is InChI=1S/C33H46F6O4S.C30H43F3O3S.C3H3F3O.H2S/c1-20(27(13-14-28(40)32(34,35)36)44(42,43)22-7-5-4-6-8-22)24-11-12-25-23-10-9-21-19-31(41,33(37,38)39)18-17-29(21,2)26(23)15-16-30(24,25)3;1-20(14-18-37(35,36)22-7-5-4-6-8-22)24-11-12-25-23-10-9-21-19-29(34,30(31,32)33)17-16-27(21,2)26(23)13-15-28(24,25)3;4-3(5,6)2-1-7-2;/h4-8,20-21,23-28,40-41H,9-19H2,1-3H3;4-8,20-21,23-26,34H,9-19H2,1-3H3;2H,1H2;1H2/t20-,21-,23-,24+,25-,26-,27?,28-,29-,30+,31-;20-,21+,23+,24-,25+,26+,27+,28-,29+;2-;/m010./s1. The first kappa shape index (κ1) is 72.5.